The molecule has 0 aromatic carbocycles. The second-order valence-corrected chi connectivity index (χ2v) is 1.96. The van der Waals surface area contributed by atoms with Gasteiger partial charge in [-0.1, -0.05) is 0 Å². The zero-order valence-electron chi connectivity index (χ0n) is 5.69. The second-order valence-electron chi connectivity index (χ2n) is 1.96. The van der Waals surface area contributed by atoms with Crippen LogP contribution in [-0.2, 0) is 11.2 Å². The molecule has 0 spiro atoms. The van der Waals surface area contributed by atoms with E-state index in [4.69, 9.17) is 10.8 Å². The average Bonchev–Trinajstić information content (AvgIpc) is 1.93. The molecule has 5 nitrogen and oxygen atoms in total. The van der Waals surface area contributed by atoms with Crippen LogP contribution in [0.2, 0.25) is 0 Å². The Morgan fingerprint density at radius 3 is 2.73 bits per heavy atom. The first-order valence-corrected chi connectivity index (χ1v) is 2.97. The molecule has 3 N–H and O–H groups in total. The van der Waals surface area contributed by atoms with Crippen molar-refractivity contribution in [1.82, 2.24) is 9.97 Å². The molecule has 0 fully saturated rings. The lowest BCUT2D eigenvalue weighted by molar-refractivity contribution is -0.136. The van der Waals surface area contributed by atoms with Crippen LogP contribution < -0.4 is 5.73 Å². The summed E-state index contributed by atoms with van der Waals surface area (Å²) >= 11 is 0. The summed E-state index contributed by atoms with van der Waals surface area (Å²) in [4.78, 5) is 17.6. The number of hydrogen-bond donors (Lipinski definition) is 2. The minimum absolute atomic E-state index is 0.176. The van der Waals surface area contributed by atoms with E-state index in [1.165, 1.54) is 12.4 Å². The van der Waals surface area contributed by atoms with E-state index >= 15 is 0 Å². The van der Waals surface area contributed by atoms with Crippen molar-refractivity contribution in [3.8, 4) is 0 Å². The van der Waals surface area contributed by atoms with Gasteiger partial charge >= 0.3 is 5.97 Å². The van der Waals surface area contributed by atoms with Gasteiger partial charge in [0.25, 0.3) is 0 Å². The Hall–Kier alpha value is -1.65. The molecule has 0 atom stereocenters. The monoisotopic (exact) mass is 153 g/mol. The Morgan fingerprint density at radius 1 is 1.55 bits per heavy atom. The molecule has 0 saturated carbocycles. The van der Waals surface area contributed by atoms with Crippen LogP contribution in [0, 0.1) is 0 Å². The fourth-order valence-electron chi connectivity index (χ4n) is 0.657. The van der Waals surface area contributed by atoms with Crippen LogP contribution in [0.5, 0.6) is 0 Å². The Balaban J connectivity index is 2.86. The molecule has 0 aliphatic carbocycles. The Kier molecular flexibility index (Phi) is 2.00. The molecule has 0 saturated heterocycles. The van der Waals surface area contributed by atoms with E-state index in [1.807, 2.05) is 0 Å². The molecule has 0 radical (unpaired) electrons. The molecule has 1 heterocycles. The normalized spacial score (nSPS) is 9.45. The van der Waals surface area contributed by atoms with Gasteiger partial charge in [-0.15, -0.1) is 0 Å². The molecule has 58 valence electrons. The van der Waals surface area contributed by atoms with Gasteiger partial charge in [0, 0.05) is 12.4 Å². The van der Waals surface area contributed by atoms with E-state index in [0.717, 1.165) is 0 Å². The van der Waals surface area contributed by atoms with Crippen LogP contribution >= 0.6 is 0 Å². The molecule has 1 aromatic rings. The maximum atomic E-state index is 10.2. The summed E-state index contributed by atoms with van der Waals surface area (Å²) in [5.41, 5.74) is 5.64. The zero-order chi connectivity index (χ0) is 8.27. The van der Waals surface area contributed by atoms with Crippen molar-refractivity contribution in [3.63, 3.8) is 0 Å². The van der Waals surface area contributed by atoms with Crippen molar-refractivity contribution < 1.29 is 9.90 Å². The highest BCUT2D eigenvalue weighted by atomic mass is 16.4. The number of rotatable bonds is 2. The molecule has 0 bridgehead atoms. The summed E-state index contributed by atoms with van der Waals surface area (Å²) in [7, 11) is 0. The van der Waals surface area contributed by atoms with Gasteiger partial charge in [-0.05, 0) is 0 Å². The zero-order valence-corrected chi connectivity index (χ0v) is 5.69. The number of hydrogen-bond acceptors (Lipinski definition) is 4. The summed E-state index contributed by atoms with van der Waals surface area (Å²) in [5, 5.41) is 8.37. The number of carboxylic acid groups (broad SMARTS) is 1. The van der Waals surface area contributed by atoms with Gasteiger partial charge in [0.15, 0.2) is 0 Å². The number of aliphatic carboxylic acids is 1. The Bertz CT molecular complexity index is 274. The highest BCUT2D eigenvalue weighted by Gasteiger charge is 2.04. The van der Waals surface area contributed by atoms with Gasteiger partial charge in [0.2, 0.25) is 0 Å². The maximum Gasteiger partial charge on any atom is 0.309 e. The molecule has 0 aliphatic rings. The van der Waals surface area contributed by atoms with Crippen LogP contribution in [0.1, 0.15) is 5.69 Å². The lowest BCUT2D eigenvalue weighted by Crippen LogP contribution is -2.06. The SMILES string of the molecule is Nc1nccnc1CC(=O)O. The van der Waals surface area contributed by atoms with E-state index in [-0.39, 0.29) is 12.2 Å². The molecule has 0 unspecified atom stereocenters. The van der Waals surface area contributed by atoms with Gasteiger partial charge in [-0.25, -0.2) is 4.98 Å². The fraction of sp³-hybridized carbons (Fsp3) is 0.167. The van der Waals surface area contributed by atoms with E-state index in [9.17, 15) is 4.79 Å². The van der Waals surface area contributed by atoms with Crippen molar-refractivity contribution in [1.29, 1.82) is 0 Å². The van der Waals surface area contributed by atoms with Crippen LogP contribution in [0.25, 0.3) is 0 Å². The fourth-order valence-corrected chi connectivity index (χ4v) is 0.657. The van der Waals surface area contributed by atoms with Crippen LogP contribution in [0.4, 0.5) is 5.82 Å². The molecule has 0 aliphatic heterocycles. The van der Waals surface area contributed by atoms with Crippen molar-refractivity contribution in [2.24, 2.45) is 0 Å². The predicted molar refractivity (Wildman–Crippen MR) is 37.8 cm³/mol. The molecule has 11 heavy (non-hydrogen) atoms. The van der Waals surface area contributed by atoms with Gasteiger partial charge in [-0.3, -0.25) is 9.78 Å². The van der Waals surface area contributed by atoms with Crippen LogP contribution in [0.15, 0.2) is 12.4 Å². The summed E-state index contributed by atoms with van der Waals surface area (Å²) in [5.74, 6) is -0.785. The molecular formula is C6H7N3O2. The lowest BCUT2D eigenvalue weighted by Gasteiger charge is -1.97. The number of nitrogen functional groups attached to an aromatic ring is 1. The maximum absolute atomic E-state index is 10.2. The topological polar surface area (TPSA) is 89.1 Å². The first kappa shape index (κ1) is 7.46. The van der Waals surface area contributed by atoms with Crippen LogP contribution in [0.3, 0.4) is 0 Å². The minimum Gasteiger partial charge on any atom is -0.481 e. The van der Waals surface area contributed by atoms with E-state index in [1.54, 1.807) is 0 Å². The summed E-state index contributed by atoms with van der Waals surface area (Å²) < 4.78 is 0. The highest BCUT2D eigenvalue weighted by Crippen LogP contribution is 2.02. The third kappa shape index (κ3) is 1.89. The molecule has 5 heteroatoms. The van der Waals surface area contributed by atoms with Crippen molar-refractivity contribution in [2.45, 2.75) is 6.42 Å². The minimum atomic E-state index is -0.961. The number of carbonyl (C=O) groups is 1. The number of carboxylic acids is 1. The molecule has 0 amide bonds. The van der Waals surface area contributed by atoms with E-state index in [2.05, 4.69) is 9.97 Å². The smallest absolute Gasteiger partial charge is 0.309 e. The van der Waals surface area contributed by atoms with Gasteiger partial charge in [0.1, 0.15) is 5.82 Å². The van der Waals surface area contributed by atoms with Crippen molar-refractivity contribution in [2.75, 3.05) is 5.73 Å². The summed E-state index contributed by atoms with van der Waals surface area (Å²) in [6, 6.07) is 0. The first-order chi connectivity index (χ1) is 5.20. The van der Waals surface area contributed by atoms with E-state index in [0.29, 0.717) is 5.69 Å². The standard InChI is InChI=1S/C6H7N3O2/c7-6-4(3-5(10)11)8-1-2-9-6/h1-2H,3H2,(H2,7,9)(H,10,11). The number of anilines is 1. The van der Waals surface area contributed by atoms with Gasteiger partial charge in [-0.2, -0.15) is 0 Å². The van der Waals surface area contributed by atoms with Gasteiger partial charge in [0.05, 0.1) is 12.1 Å². The molecule has 1 aromatic heterocycles. The van der Waals surface area contributed by atoms with Crippen molar-refractivity contribution in [3.05, 3.63) is 18.1 Å². The van der Waals surface area contributed by atoms with Crippen molar-refractivity contribution >= 4 is 11.8 Å². The summed E-state index contributed by atoms with van der Waals surface area (Å²) in [6.45, 7) is 0. The average molecular weight is 153 g/mol. The van der Waals surface area contributed by atoms with E-state index < -0.39 is 5.97 Å². The largest absolute Gasteiger partial charge is 0.481 e. The Labute approximate surface area is 62.9 Å². The third-order valence-corrected chi connectivity index (χ3v) is 1.12. The first-order valence-electron chi connectivity index (χ1n) is 2.97. The summed E-state index contributed by atoms with van der Waals surface area (Å²) in [6.07, 6.45) is 2.65. The second kappa shape index (κ2) is 2.96. The molecular weight excluding hydrogens is 146 g/mol. The third-order valence-electron chi connectivity index (χ3n) is 1.12. The number of aromatic nitrogens is 2. The van der Waals surface area contributed by atoms with Crippen LogP contribution in [-0.4, -0.2) is 21.0 Å². The highest BCUT2D eigenvalue weighted by molar-refractivity contribution is 5.71. The van der Waals surface area contributed by atoms with Gasteiger partial charge < -0.3 is 10.8 Å². The quantitative estimate of drug-likeness (QED) is 0.608. The number of nitrogens with two attached hydrogens (primary N) is 1. The molecule has 1 rings (SSSR count). The predicted octanol–water partition coefficient (Wildman–Crippen LogP) is -0.314. The number of nitrogens with zero attached hydrogens (tertiary/aromatic N) is 2. The Morgan fingerprint density at radius 2 is 2.18 bits per heavy atom. The lowest BCUT2D eigenvalue weighted by atomic mass is 10.3.